The number of fused-ring (bicyclic) bond motifs is 1. The minimum Gasteiger partial charge on any atom is -0.366 e. The fourth-order valence-corrected chi connectivity index (χ4v) is 5.02. The van der Waals surface area contributed by atoms with Crippen LogP contribution in [0.1, 0.15) is 62.2 Å². The molecule has 2 aliphatic rings. The van der Waals surface area contributed by atoms with Crippen molar-refractivity contribution in [2.45, 2.75) is 43.6 Å². The molecular weight excluding hydrogens is 496 g/mol. The van der Waals surface area contributed by atoms with Gasteiger partial charge in [0.2, 0.25) is 11.8 Å². The van der Waals surface area contributed by atoms with Crippen LogP contribution in [0, 0.1) is 5.82 Å². The first-order chi connectivity index (χ1) is 17.3. The lowest BCUT2D eigenvalue weighted by Gasteiger charge is -2.39. The average Bonchev–Trinajstić information content (AvgIpc) is 3.06. The maximum absolute atomic E-state index is 15.6. The van der Waals surface area contributed by atoms with Crippen molar-refractivity contribution in [1.82, 2.24) is 15.1 Å². The zero-order valence-corrected chi connectivity index (χ0v) is 19.9. The van der Waals surface area contributed by atoms with Gasteiger partial charge in [0.1, 0.15) is 17.8 Å². The van der Waals surface area contributed by atoms with Gasteiger partial charge in [-0.15, -0.1) is 0 Å². The summed E-state index contributed by atoms with van der Waals surface area (Å²) in [4.78, 5) is 52.1. The maximum Gasteiger partial charge on any atom is 0.398 e. The zero-order valence-electron chi connectivity index (χ0n) is 19.9. The predicted molar refractivity (Wildman–Crippen MR) is 123 cm³/mol. The van der Waals surface area contributed by atoms with Crippen LogP contribution in [0.25, 0.3) is 0 Å². The van der Waals surface area contributed by atoms with Crippen LogP contribution in [-0.2, 0) is 16.1 Å². The minimum absolute atomic E-state index is 0.214. The van der Waals surface area contributed by atoms with Gasteiger partial charge in [0.25, 0.3) is 11.8 Å². The molecule has 0 saturated carbocycles. The standard InChI is InChI=1S/C25H24F4N4O4/c1-32(2)11-12-3-5-13(6-4-12)19(25(27,28)29)21-18-14(7-8-15(20(18)26)22(30)35)24(37)33(21)16-9-10-17(34)31-23(16)36/h3-8,16,19,21H,9-11H2,1-2H3,(H2,30,35)(H,31,34,36)/t16?,19-,21?/m1/s1. The van der Waals surface area contributed by atoms with Gasteiger partial charge in [0.15, 0.2) is 0 Å². The van der Waals surface area contributed by atoms with E-state index in [-0.39, 0.29) is 18.4 Å². The van der Waals surface area contributed by atoms with Crippen molar-refractivity contribution in [3.8, 4) is 0 Å². The second-order valence-electron chi connectivity index (χ2n) is 9.38. The lowest BCUT2D eigenvalue weighted by atomic mass is 9.84. The number of imide groups is 1. The van der Waals surface area contributed by atoms with Crippen molar-refractivity contribution >= 4 is 23.6 Å². The molecule has 196 valence electrons. The van der Waals surface area contributed by atoms with E-state index < -0.39 is 70.3 Å². The third-order valence-corrected chi connectivity index (χ3v) is 6.56. The monoisotopic (exact) mass is 520 g/mol. The third kappa shape index (κ3) is 4.80. The maximum atomic E-state index is 15.6. The molecule has 2 aromatic carbocycles. The Morgan fingerprint density at radius 3 is 2.32 bits per heavy atom. The highest BCUT2D eigenvalue weighted by molar-refractivity contribution is 6.06. The van der Waals surface area contributed by atoms with E-state index in [4.69, 9.17) is 5.73 Å². The number of rotatable bonds is 6. The number of piperidine rings is 1. The number of halogens is 4. The Balaban J connectivity index is 1.93. The quantitative estimate of drug-likeness (QED) is 0.449. The largest absolute Gasteiger partial charge is 0.398 e. The van der Waals surface area contributed by atoms with Gasteiger partial charge in [-0.25, -0.2) is 4.39 Å². The molecule has 2 heterocycles. The highest BCUT2D eigenvalue weighted by Crippen LogP contribution is 2.52. The molecule has 2 aromatic rings. The summed E-state index contributed by atoms with van der Waals surface area (Å²) >= 11 is 0. The van der Waals surface area contributed by atoms with E-state index in [0.717, 1.165) is 17.7 Å². The first-order valence-electron chi connectivity index (χ1n) is 11.4. The summed E-state index contributed by atoms with van der Waals surface area (Å²) in [5.41, 5.74) is 3.94. The summed E-state index contributed by atoms with van der Waals surface area (Å²) in [5, 5.41) is 2.04. The molecule has 2 unspecified atom stereocenters. The number of alkyl halides is 3. The van der Waals surface area contributed by atoms with Gasteiger partial charge >= 0.3 is 6.18 Å². The highest BCUT2D eigenvalue weighted by atomic mass is 19.4. The molecular formula is C25H24F4N4O4. The number of benzene rings is 2. The van der Waals surface area contributed by atoms with Gasteiger partial charge in [-0.05, 0) is 43.8 Å². The summed E-state index contributed by atoms with van der Waals surface area (Å²) in [5.74, 6) is -7.62. The van der Waals surface area contributed by atoms with Crippen LogP contribution >= 0.6 is 0 Å². The molecule has 4 amide bonds. The predicted octanol–water partition coefficient (Wildman–Crippen LogP) is 2.63. The van der Waals surface area contributed by atoms with Gasteiger partial charge in [0, 0.05) is 24.1 Å². The molecule has 8 nitrogen and oxygen atoms in total. The van der Waals surface area contributed by atoms with E-state index in [1.54, 1.807) is 14.1 Å². The summed E-state index contributed by atoms with van der Waals surface area (Å²) in [6, 6.07) is 3.97. The van der Waals surface area contributed by atoms with E-state index in [1.807, 2.05) is 10.2 Å². The molecule has 0 aliphatic carbocycles. The number of nitrogens with one attached hydrogen (secondary N) is 1. The number of carbonyl (C=O) groups is 4. The second-order valence-corrected chi connectivity index (χ2v) is 9.38. The summed E-state index contributed by atoms with van der Waals surface area (Å²) in [6.45, 7) is 0.459. The summed E-state index contributed by atoms with van der Waals surface area (Å²) in [6.07, 6.45) is -5.45. The number of nitrogens with zero attached hydrogens (tertiary/aromatic N) is 2. The fourth-order valence-electron chi connectivity index (χ4n) is 5.02. The van der Waals surface area contributed by atoms with Gasteiger partial charge in [-0.2, -0.15) is 13.2 Å². The third-order valence-electron chi connectivity index (χ3n) is 6.56. The smallest absolute Gasteiger partial charge is 0.366 e. The lowest BCUT2D eigenvalue weighted by Crippen LogP contribution is -2.54. The number of hydrogen-bond acceptors (Lipinski definition) is 5. The van der Waals surface area contributed by atoms with Crippen LogP contribution < -0.4 is 11.1 Å². The Labute approximate surface area is 209 Å². The first kappa shape index (κ1) is 26.3. The van der Waals surface area contributed by atoms with E-state index in [1.165, 1.54) is 24.3 Å². The zero-order chi connectivity index (χ0) is 27.2. The molecule has 0 radical (unpaired) electrons. The van der Waals surface area contributed by atoms with Crippen molar-refractivity contribution in [3.05, 3.63) is 70.0 Å². The van der Waals surface area contributed by atoms with Crippen LogP contribution in [0.15, 0.2) is 36.4 Å². The van der Waals surface area contributed by atoms with Crippen molar-refractivity contribution in [2.75, 3.05) is 14.1 Å². The Bertz CT molecular complexity index is 1280. The van der Waals surface area contributed by atoms with E-state index in [2.05, 4.69) is 0 Å². The first-order valence-corrected chi connectivity index (χ1v) is 11.4. The van der Waals surface area contributed by atoms with Gasteiger partial charge in [-0.3, -0.25) is 24.5 Å². The number of primary amides is 1. The molecule has 12 heteroatoms. The van der Waals surface area contributed by atoms with E-state index in [0.29, 0.717) is 11.4 Å². The normalized spacial score (nSPS) is 20.7. The van der Waals surface area contributed by atoms with Crippen LogP contribution in [0.3, 0.4) is 0 Å². The van der Waals surface area contributed by atoms with Gasteiger partial charge in [-0.1, -0.05) is 24.3 Å². The van der Waals surface area contributed by atoms with Gasteiger partial charge < -0.3 is 15.5 Å². The number of nitrogens with two attached hydrogens (primary N) is 1. The van der Waals surface area contributed by atoms with E-state index in [9.17, 15) is 32.3 Å². The van der Waals surface area contributed by atoms with Crippen molar-refractivity contribution < 1.29 is 36.7 Å². The Kier molecular flexibility index (Phi) is 6.80. The molecule has 1 saturated heterocycles. The van der Waals surface area contributed by atoms with Crippen molar-refractivity contribution in [1.29, 1.82) is 0 Å². The fraction of sp³-hybridized carbons (Fsp3) is 0.360. The van der Waals surface area contributed by atoms with Crippen molar-refractivity contribution in [3.63, 3.8) is 0 Å². The Morgan fingerprint density at radius 1 is 1.14 bits per heavy atom. The van der Waals surface area contributed by atoms with Gasteiger partial charge in [0.05, 0.1) is 11.6 Å². The molecule has 4 rings (SSSR count). The van der Waals surface area contributed by atoms with Crippen LogP contribution in [0.4, 0.5) is 17.6 Å². The SMILES string of the molecule is CN(C)Cc1ccc([C@H](C2c3c(ccc(C(N)=O)c3F)C(=O)N2C2CCC(=O)NC2=O)C(F)(F)F)cc1. The molecule has 3 N–H and O–H groups in total. The number of amides is 4. The number of carbonyl (C=O) groups excluding carboxylic acids is 4. The molecule has 0 aromatic heterocycles. The number of hydrogen-bond donors (Lipinski definition) is 2. The second kappa shape index (κ2) is 9.58. The summed E-state index contributed by atoms with van der Waals surface area (Å²) < 4.78 is 59.9. The topological polar surface area (TPSA) is 113 Å². The van der Waals surface area contributed by atoms with Crippen LogP contribution in [0.5, 0.6) is 0 Å². The van der Waals surface area contributed by atoms with Crippen molar-refractivity contribution in [2.24, 2.45) is 5.73 Å². The average molecular weight is 520 g/mol. The lowest BCUT2D eigenvalue weighted by molar-refractivity contribution is -0.167. The van der Waals surface area contributed by atoms with E-state index >= 15 is 4.39 Å². The molecule has 2 aliphatic heterocycles. The molecule has 0 bridgehead atoms. The molecule has 37 heavy (non-hydrogen) atoms. The Morgan fingerprint density at radius 2 is 1.78 bits per heavy atom. The Hall–Kier alpha value is -3.80. The van der Waals surface area contributed by atoms with Crippen LogP contribution in [-0.4, -0.2) is 59.7 Å². The highest BCUT2D eigenvalue weighted by Gasteiger charge is 2.57. The summed E-state index contributed by atoms with van der Waals surface area (Å²) in [7, 11) is 3.59. The minimum atomic E-state index is -5.00. The molecule has 0 spiro atoms. The van der Waals surface area contributed by atoms with Crippen LogP contribution in [0.2, 0.25) is 0 Å². The molecule has 1 fully saturated rings. The molecule has 3 atom stereocenters.